The lowest BCUT2D eigenvalue weighted by Gasteiger charge is -2.25. The number of aliphatic hydroxyl groups excluding tert-OH is 1. The van der Waals surface area contributed by atoms with Gasteiger partial charge in [0, 0.05) is 5.92 Å². The summed E-state index contributed by atoms with van der Waals surface area (Å²) in [5.74, 6) is 0.307. The molecule has 1 aliphatic carbocycles. The SMILES string of the molecule is CCCCCCC[C@H]1C=Cc2ccccc2[C@H]1O. The number of aliphatic hydroxyl groups is 1. The monoisotopic (exact) mass is 244 g/mol. The maximum atomic E-state index is 10.4. The van der Waals surface area contributed by atoms with Crippen molar-refractivity contribution >= 4 is 6.08 Å². The van der Waals surface area contributed by atoms with Crippen LogP contribution in [-0.4, -0.2) is 5.11 Å². The van der Waals surface area contributed by atoms with Gasteiger partial charge in [-0.1, -0.05) is 75.4 Å². The Kier molecular flexibility index (Phi) is 5.00. The van der Waals surface area contributed by atoms with Crippen LogP contribution in [0.15, 0.2) is 30.3 Å². The van der Waals surface area contributed by atoms with E-state index in [2.05, 4.69) is 25.1 Å². The Morgan fingerprint density at radius 2 is 1.83 bits per heavy atom. The highest BCUT2D eigenvalue weighted by atomic mass is 16.3. The summed E-state index contributed by atoms with van der Waals surface area (Å²) in [7, 11) is 0. The Morgan fingerprint density at radius 3 is 2.67 bits per heavy atom. The highest BCUT2D eigenvalue weighted by Crippen LogP contribution is 2.34. The van der Waals surface area contributed by atoms with Crippen molar-refractivity contribution in [1.82, 2.24) is 0 Å². The van der Waals surface area contributed by atoms with Gasteiger partial charge in [-0.2, -0.15) is 0 Å². The van der Waals surface area contributed by atoms with Crippen molar-refractivity contribution in [3.05, 3.63) is 41.5 Å². The zero-order valence-electron chi connectivity index (χ0n) is 11.3. The molecule has 0 saturated carbocycles. The lowest BCUT2D eigenvalue weighted by molar-refractivity contribution is 0.123. The second kappa shape index (κ2) is 6.75. The van der Waals surface area contributed by atoms with Crippen LogP contribution in [0.3, 0.4) is 0 Å². The lowest BCUT2D eigenvalue weighted by Crippen LogP contribution is -2.14. The third-order valence-corrected chi connectivity index (χ3v) is 3.88. The molecule has 0 radical (unpaired) electrons. The molecule has 98 valence electrons. The van der Waals surface area contributed by atoms with E-state index in [9.17, 15) is 5.11 Å². The molecule has 0 aromatic heterocycles. The molecule has 1 N–H and O–H groups in total. The third kappa shape index (κ3) is 3.23. The van der Waals surface area contributed by atoms with Gasteiger partial charge in [-0.15, -0.1) is 0 Å². The predicted octanol–water partition coefficient (Wildman–Crippen LogP) is 4.72. The molecule has 0 unspecified atom stereocenters. The van der Waals surface area contributed by atoms with E-state index in [1.807, 2.05) is 18.2 Å². The summed E-state index contributed by atoms with van der Waals surface area (Å²) in [6, 6.07) is 8.17. The minimum absolute atomic E-state index is 0.307. The van der Waals surface area contributed by atoms with Crippen LogP contribution < -0.4 is 0 Å². The molecule has 1 nitrogen and oxygen atoms in total. The first-order chi connectivity index (χ1) is 8.83. The van der Waals surface area contributed by atoms with E-state index in [0.717, 1.165) is 12.0 Å². The van der Waals surface area contributed by atoms with Gasteiger partial charge < -0.3 is 5.11 Å². The summed E-state index contributed by atoms with van der Waals surface area (Å²) in [5, 5.41) is 10.4. The van der Waals surface area contributed by atoms with Crippen LogP contribution in [0.25, 0.3) is 6.08 Å². The first kappa shape index (κ1) is 13.4. The minimum Gasteiger partial charge on any atom is -0.388 e. The largest absolute Gasteiger partial charge is 0.388 e. The minimum atomic E-state index is -0.308. The molecule has 0 heterocycles. The summed E-state index contributed by atoms with van der Waals surface area (Å²) in [4.78, 5) is 0. The Balaban J connectivity index is 1.86. The average Bonchev–Trinajstić information content (AvgIpc) is 2.41. The van der Waals surface area contributed by atoms with Gasteiger partial charge in [-0.05, 0) is 17.5 Å². The third-order valence-electron chi connectivity index (χ3n) is 3.88. The summed E-state index contributed by atoms with van der Waals surface area (Å²) in [6.07, 6.45) is 11.6. The molecule has 1 aliphatic rings. The number of fused-ring (bicyclic) bond motifs is 1. The molecule has 2 rings (SSSR count). The Labute approximate surface area is 111 Å². The van der Waals surface area contributed by atoms with Gasteiger partial charge in [0.1, 0.15) is 0 Å². The van der Waals surface area contributed by atoms with E-state index in [-0.39, 0.29) is 6.10 Å². The molecule has 0 spiro atoms. The molecule has 1 heteroatoms. The molecule has 1 aromatic rings. The van der Waals surface area contributed by atoms with Crippen molar-refractivity contribution < 1.29 is 5.11 Å². The van der Waals surface area contributed by atoms with Gasteiger partial charge in [0.25, 0.3) is 0 Å². The van der Waals surface area contributed by atoms with Crippen LogP contribution in [0, 0.1) is 5.92 Å². The van der Waals surface area contributed by atoms with Crippen molar-refractivity contribution in [2.24, 2.45) is 5.92 Å². The number of unbranched alkanes of at least 4 members (excludes halogenated alkanes) is 4. The fraction of sp³-hybridized carbons (Fsp3) is 0.529. The maximum absolute atomic E-state index is 10.4. The second-order valence-corrected chi connectivity index (χ2v) is 5.30. The van der Waals surface area contributed by atoms with Crippen molar-refractivity contribution in [1.29, 1.82) is 0 Å². The maximum Gasteiger partial charge on any atom is 0.0858 e. The van der Waals surface area contributed by atoms with Gasteiger partial charge >= 0.3 is 0 Å². The average molecular weight is 244 g/mol. The molecule has 18 heavy (non-hydrogen) atoms. The molecule has 1 aromatic carbocycles. The van der Waals surface area contributed by atoms with E-state index in [0.29, 0.717) is 5.92 Å². The van der Waals surface area contributed by atoms with Crippen LogP contribution in [0.1, 0.15) is 62.7 Å². The number of benzene rings is 1. The lowest BCUT2D eigenvalue weighted by atomic mass is 9.84. The summed E-state index contributed by atoms with van der Waals surface area (Å²) >= 11 is 0. The highest BCUT2D eigenvalue weighted by molar-refractivity contribution is 5.57. The Bertz CT molecular complexity index is 394. The van der Waals surface area contributed by atoms with Crippen molar-refractivity contribution in [2.75, 3.05) is 0 Å². The van der Waals surface area contributed by atoms with E-state index in [1.54, 1.807) is 0 Å². The quantitative estimate of drug-likeness (QED) is 0.718. The molecular weight excluding hydrogens is 220 g/mol. The molecule has 0 bridgehead atoms. The smallest absolute Gasteiger partial charge is 0.0858 e. The fourth-order valence-electron chi connectivity index (χ4n) is 2.73. The molecule has 2 atom stereocenters. The first-order valence-electron chi connectivity index (χ1n) is 7.28. The molecule has 0 fully saturated rings. The first-order valence-corrected chi connectivity index (χ1v) is 7.28. The number of rotatable bonds is 6. The standard InChI is InChI=1S/C17H24O/c1-2-3-4-5-6-10-15-13-12-14-9-7-8-11-16(14)17(15)18/h7-9,11-13,15,17-18H,2-6,10H2,1H3/t15-,17-/m0/s1. The van der Waals surface area contributed by atoms with Gasteiger partial charge in [-0.3, -0.25) is 0 Å². The van der Waals surface area contributed by atoms with Gasteiger partial charge in [-0.25, -0.2) is 0 Å². The van der Waals surface area contributed by atoms with Gasteiger partial charge in [0.15, 0.2) is 0 Å². The van der Waals surface area contributed by atoms with Crippen LogP contribution in [0.4, 0.5) is 0 Å². The Hall–Kier alpha value is -1.08. The zero-order valence-corrected chi connectivity index (χ0v) is 11.3. The number of hydrogen-bond donors (Lipinski definition) is 1. The molecule has 0 amide bonds. The topological polar surface area (TPSA) is 20.2 Å². The summed E-state index contributed by atoms with van der Waals surface area (Å²) in [5.41, 5.74) is 2.27. The number of hydrogen-bond acceptors (Lipinski definition) is 1. The zero-order chi connectivity index (χ0) is 12.8. The predicted molar refractivity (Wildman–Crippen MR) is 77.3 cm³/mol. The van der Waals surface area contributed by atoms with Crippen molar-refractivity contribution in [3.63, 3.8) is 0 Å². The second-order valence-electron chi connectivity index (χ2n) is 5.30. The van der Waals surface area contributed by atoms with Crippen LogP contribution in [-0.2, 0) is 0 Å². The van der Waals surface area contributed by atoms with Crippen LogP contribution in [0.5, 0.6) is 0 Å². The normalized spacial score (nSPS) is 21.9. The van der Waals surface area contributed by atoms with Gasteiger partial charge in [0.05, 0.1) is 6.10 Å². The van der Waals surface area contributed by atoms with Crippen LogP contribution in [0.2, 0.25) is 0 Å². The van der Waals surface area contributed by atoms with Crippen molar-refractivity contribution in [2.45, 2.75) is 51.6 Å². The van der Waals surface area contributed by atoms with E-state index in [1.165, 1.54) is 37.7 Å². The van der Waals surface area contributed by atoms with E-state index >= 15 is 0 Å². The van der Waals surface area contributed by atoms with E-state index in [4.69, 9.17) is 0 Å². The van der Waals surface area contributed by atoms with Crippen molar-refractivity contribution in [3.8, 4) is 0 Å². The fourth-order valence-corrected chi connectivity index (χ4v) is 2.73. The van der Waals surface area contributed by atoms with Gasteiger partial charge in [0.2, 0.25) is 0 Å². The Morgan fingerprint density at radius 1 is 1.06 bits per heavy atom. The molecule has 0 saturated heterocycles. The highest BCUT2D eigenvalue weighted by Gasteiger charge is 2.23. The summed E-state index contributed by atoms with van der Waals surface area (Å²) in [6.45, 7) is 2.24. The van der Waals surface area contributed by atoms with E-state index < -0.39 is 0 Å². The molecular formula is C17H24O. The summed E-state index contributed by atoms with van der Waals surface area (Å²) < 4.78 is 0. The van der Waals surface area contributed by atoms with Crippen LogP contribution >= 0.6 is 0 Å². The molecule has 0 aliphatic heterocycles.